The summed E-state index contributed by atoms with van der Waals surface area (Å²) in [7, 11) is 1.90. The van der Waals surface area contributed by atoms with Crippen molar-refractivity contribution in [3.63, 3.8) is 0 Å². The third-order valence-corrected chi connectivity index (χ3v) is 8.04. The van der Waals surface area contributed by atoms with Crippen LogP contribution in [0.15, 0.2) is 79.1 Å². The molecule has 0 radical (unpaired) electrons. The summed E-state index contributed by atoms with van der Waals surface area (Å²) >= 11 is 13.1. The minimum Gasteiger partial charge on any atom is -0.344 e. The van der Waals surface area contributed by atoms with Crippen LogP contribution in [0.2, 0.25) is 10.0 Å². The number of amides is 3. The molecule has 0 saturated carbocycles. The zero-order valence-corrected chi connectivity index (χ0v) is 25.0. The second-order valence-corrected chi connectivity index (χ2v) is 11.1. The summed E-state index contributed by atoms with van der Waals surface area (Å²) < 4.78 is 0. The highest BCUT2D eigenvalue weighted by molar-refractivity contribution is 6.40. The normalized spacial score (nSPS) is 16.2. The Morgan fingerprint density at radius 2 is 1.85 bits per heavy atom. The Bertz CT molecular complexity index is 1380. The topological polar surface area (TPSA) is 85.5 Å². The number of benzene rings is 2. The van der Waals surface area contributed by atoms with Crippen molar-refractivity contribution in [1.29, 1.82) is 0 Å². The summed E-state index contributed by atoms with van der Waals surface area (Å²) in [5.74, 6) is -0.453. The van der Waals surface area contributed by atoms with Crippen LogP contribution in [0.3, 0.4) is 0 Å². The number of fused-ring (bicyclic) bond motifs is 1. The first kappa shape index (κ1) is 30.3. The van der Waals surface area contributed by atoms with E-state index in [-0.39, 0.29) is 34.2 Å². The van der Waals surface area contributed by atoms with E-state index < -0.39 is 11.9 Å². The molecule has 2 aromatic rings. The number of urea groups is 1. The highest BCUT2D eigenvalue weighted by Gasteiger charge is 2.25. The maximum absolute atomic E-state index is 13.3. The molecule has 9 heteroatoms. The van der Waals surface area contributed by atoms with Crippen LogP contribution >= 0.6 is 23.2 Å². The van der Waals surface area contributed by atoms with Gasteiger partial charge < -0.3 is 16.0 Å². The number of allylic oxidation sites excluding steroid dienone is 3. The second kappa shape index (κ2) is 13.8. The summed E-state index contributed by atoms with van der Waals surface area (Å²) in [4.78, 5) is 26.1. The van der Waals surface area contributed by atoms with E-state index in [9.17, 15) is 9.59 Å². The van der Waals surface area contributed by atoms with Crippen molar-refractivity contribution >= 4 is 40.8 Å². The minimum atomic E-state index is -0.511. The van der Waals surface area contributed by atoms with Gasteiger partial charge >= 0.3 is 6.03 Å². The van der Waals surface area contributed by atoms with Crippen LogP contribution in [0, 0.1) is 0 Å². The molecular formula is C32H37Cl2N5O2. The molecule has 0 saturated heterocycles. The Hall–Kier alpha value is -3.68. The quantitative estimate of drug-likeness (QED) is 0.173. The van der Waals surface area contributed by atoms with E-state index >= 15 is 0 Å². The van der Waals surface area contributed by atoms with E-state index in [1.54, 1.807) is 12.1 Å². The number of carbonyl (C=O) groups excluding carboxylic acids is 2. The van der Waals surface area contributed by atoms with Crippen molar-refractivity contribution in [3.05, 3.63) is 111 Å². The number of rotatable bonds is 11. The van der Waals surface area contributed by atoms with Gasteiger partial charge in [0.25, 0.3) is 5.91 Å². The molecule has 0 bridgehead atoms. The molecule has 0 spiro atoms. The van der Waals surface area contributed by atoms with E-state index in [4.69, 9.17) is 23.2 Å². The fourth-order valence-corrected chi connectivity index (χ4v) is 5.69. The summed E-state index contributed by atoms with van der Waals surface area (Å²) in [6, 6.07) is 10.6. The molecule has 0 fully saturated rings. The molecule has 4 N–H and O–H groups in total. The zero-order chi connectivity index (χ0) is 29.5. The molecule has 7 nitrogen and oxygen atoms in total. The highest BCUT2D eigenvalue weighted by atomic mass is 35.5. The summed E-state index contributed by atoms with van der Waals surface area (Å²) in [5, 5.41) is 11.1. The van der Waals surface area contributed by atoms with Gasteiger partial charge in [0.2, 0.25) is 0 Å². The van der Waals surface area contributed by atoms with Gasteiger partial charge in [-0.2, -0.15) is 0 Å². The van der Waals surface area contributed by atoms with Crippen LogP contribution in [0.25, 0.3) is 5.70 Å². The lowest BCUT2D eigenvalue weighted by Crippen LogP contribution is -2.47. The Balaban J connectivity index is 1.38. The van der Waals surface area contributed by atoms with Crippen LogP contribution in [0.5, 0.6) is 0 Å². The van der Waals surface area contributed by atoms with Gasteiger partial charge in [0, 0.05) is 19.2 Å². The average Bonchev–Trinajstić information content (AvgIpc) is 3.37. The molecule has 41 heavy (non-hydrogen) atoms. The Morgan fingerprint density at radius 3 is 2.54 bits per heavy atom. The van der Waals surface area contributed by atoms with Crippen molar-refractivity contribution in [1.82, 2.24) is 26.4 Å². The third kappa shape index (κ3) is 7.54. The van der Waals surface area contributed by atoms with Crippen molar-refractivity contribution in [2.45, 2.75) is 51.1 Å². The van der Waals surface area contributed by atoms with Gasteiger partial charge in [-0.05, 0) is 61.4 Å². The van der Waals surface area contributed by atoms with E-state index in [2.05, 4.69) is 52.8 Å². The summed E-state index contributed by atoms with van der Waals surface area (Å²) in [6.45, 7) is 10.3. The molecule has 2 aliphatic rings. The smallest absolute Gasteiger partial charge is 0.315 e. The van der Waals surface area contributed by atoms with Crippen molar-refractivity contribution in [2.24, 2.45) is 0 Å². The molecule has 2 atom stereocenters. The molecule has 1 unspecified atom stereocenters. The monoisotopic (exact) mass is 593 g/mol. The van der Waals surface area contributed by atoms with Crippen LogP contribution in [0.4, 0.5) is 4.79 Å². The van der Waals surface area contributed by atoms with Crippen LogP contribution in [-0.4, -0.2) is 36.6 Å². The van der Waals surface area contributed by atoms with Gasteiger partial charge in [0.15, 0.2) is 0 Å². The number of halogens is 2. The van der Waals surface area contributed by atoms with Crippen molar-refractivity contribution in [2.75, 3.05) is 13.6 Å². The number of carbonyl (C=O) groups is 2. The maximum atomic E-state index is 13.3. The minimum absolute atomic E-state index is 0.0374. The predicted octanol–water partition coefficient (Wildman–Crippen LogP) is 6.69. The fraction of sp³-hybridized carbons (Fsp3) is 0.312. The van der Waals surface area contributed by atoms with E-state index in [1.165, 1.54) is 5.56 Å². The van der Waals surface area contributed by atoms with Gasteiger partial charge in [-0.15, -0.1) is 0 Å². The molecular weight excluding hydrogens is 557 g/mol. The number of nitrogens with one attached hydrogen (secondary N) is 4. The highest BCUT2D eigenvalue weighted by Crippen LogP contribution is 2.31. The number of hydrazine groups is 1. The van der Waals surface area contributed by atoms with Crippen molar-refractivity contribution < 1.29 is 9.59 Å². The molecule has 0 heterocycles. The summed E-state index contributed by atoms with van der Waals surface area (Å²) in [5.41, 5.74) is 8.81. The molecule has 2 aliphatic carbocycles. The molecule has 3 amide bonds. The lowest BCUT2D eigenvalue weighted by atomic mass is 10.0. The first-order chi connectivity index (χ1) is 19.7. The lowest BCUT2D eigenvalue weighted by molar-refractivity contribution is 0.0942. The lowest BCUT2D eigenvalue weighted by Gasteiger charge is -2.26. The van der Waals surface area contributed by atoms with E-state index in [0.29, 0.717) is 17.7 Å². The molecule has 0 aliphatic heterocycles. The van der Waals surface area contributed by atoms with Gasteiger partial charge in [0.1, 0.15) is 0 Å². The fourth-order valence-electron chi connectivity index (χ4n) is 5.03. The van der Waals surface area contributed by atoms with Crippen LogP contribution in [0.1, 0.15) is 65.7 Å². The summed E-state index contributed by atoms with van der Waals surface area (Å²) in [6.07, 6.45) is 10.7. The Kier molecular flexibility index (Phi) is 10.2. The number of hydrogen-bond acceptors (Lipinski definition) is 4. The van der Waals surface area contributed by atoms with Crippen LogP contribution in [-0.2, 0) is 6.42 Å². The molecule has 4 rings (SSSR count). The molecule has 0 aromatic heterocycles. The second-order valence-electron chi connectivity index (χ2n) is 10.3. The SMILES string of the molecule is C=C(NN(C)C1=CCCC=C1)c1cc(Cl)c(C(=O)N[C@@H](CNC(=O)NC2CCc3ccccc32)C(=C)CC)c(Cl)c1. The first-order valence-electron chi connectivity index (χ1n) is 13.8. The maximum Gasteiger partial charge on any atom is 0.315 e. The Labute approximate surface area is 252 Å². The average molecular weight is 595 g/mol. The predicted molar refractivity (Wildman–Crippen MR) is 168 cm³/mol. The third-order valence-electron chi connectivity index (χ3n) is 7.44. The first-order valence-corrected chi connectivity index (χ1v) is 14.6. The zero-order valence-electron chi connectivity index (χ0n) is 23.5. The molecule has 2 aromatic carbocycles. The van der Waals surface area contributed by atoms with Gasteiger partial charge in [-0.25, -0.2) is 4.79 Å². The van der Waals surface area contributed by atoms with Gasteiger partial charge in [-0.1, -0.05) is 85.3 Å². The van der Waals surface area contributed by atoms with Gasteiger partial charge in [0.05, 0.1) is 39.1 Å². The van der Waals surface area contributed by atoms with E-state index in [1.807, 2.05) is 43.3 Å². The van der Waals surface area contributed by atoms with E-state index in [0.717, 1.165) is 42.5 Å². The number of aryl methyl sites for hydroxylation is 1. The van der Waals surface area contributed by atoms with Gasteiger partial charge in [-0.3, -0.25) is 15.2 Å². The number of likely N-dealkylation sites (N-methyl/N-ethyl adjacent to an activating group) is 1. The molecule has 216 valence electrons. The Morgan fingerprint density at radius 1 is 1.12 bits per heavy atom. The van der Waals surface area contributed by atoms with Crippen molar-refractivity contribution in [3.8, 4) is 0 Å². The largest absolute Gasteiger partial charge is 0.344 e. The number of nitrogens with zero attached hydrogens (tertiary/aromatic N) is 1. The standard InChI is InChI=1S/C32H37Cl2N5O2/c1-5-20(2)29(19-35-32(41)37-28-16-15-22-11-9-10-14-25(22)28)36-31(40)30-26(33)17-23(18-27(30)34)21(3)38-39(4)24-12-7-6-8-13-24/h7,9-14,17-18,28-29,38H,2-3,5-6,8,15-16,19H2,1,4H3,(H,36,40)(H2,35,37,41)/t28?,29-/m0/s1. The van der Waals surface area contributed by atoms with Crippen LogP contribution < -0.4 is 21.4 Å². The number of hydrogen-bond donors (Lipinski definition) is 4.